The first kappa shape index (κ1) is 13.0. The van der Waals surface area contributed by atoms with E-state index in [-0.39, 0.29) is 5.54 Å². The van der Waals surface area contributed by atoms with Crippen LogP contribution in [0.5, 0.6) is 0 Å². The zero-order valence-corrected chi connectivity index (χ0v) is 12.8. The summed E-state index contributed by atoms with van der Waals surface area (Å²) in [5.74, 6) is 0.860. The van der Waals surface area contributed by atoms with Gasteiger partial charge in [-0.15, -0.1) is 0 Å². The van der Waals surface area contributed by atoms with E-state index in [2.05, 4.69) is 63.1 Å². The van der Waals surface area contributed by atoms with E-state index >= 15 is 0 Å². The summed E-state index contributed by atoms with van der Waals surface area (Å²) < 4.78 is 1.08. The van der Waals surface area contributed by atoms with Gasteiger partial charge in [-0.1, -0.05) is 0 Å². The van der Waals surface area contributed by atoms with Crippen LogP contribution < -0.4 is 4.90 Å². The van der Waals surface area contributed by atoms with Crippen LogP contribution in [-0.4, -0.2) is 46.6 Å². The van der Waals surface area contributed by atoms with Gasteiger partial charge < -0.3 is 4.90 Å². The largest absolute Gasteiger partial charge is 0.338 e. The van der Waals surface area contributed by atoms with Gasteiger partial charge in [-0.2, -0.15) is 0 Å². The Labute approximate surface area is 117 Å². The minimum absolute atomic E-state index is 0.263. The van der Waals surface area contributed by atoms with Crippen LogP contribution in [0.15, 0.2) is 12.4 Å². The van der Waals surface area contributed by atoms with E-state index in [4.69, 9.17) is 0 Å². The summed E-state index contributed by atoms with van der Waals surface area (Å²) in [5, 5.41) is 0. The van der Waals surface area contributed by atoms with Crippen LogP contribution in [0.2, 0.25) is 0 Å². The van der Waals surface area contributed by atoms with Gasteiger partial charge in [-0.3, -0.25) is 4.90 Å². The summed E-state index contributed by atoms with van der Waals surface area (Å²) in [6, 6.07) is 0. The lowest BCUT2D eigenvalue weighted by Crippen LogP contribution is -2.53. The van der Waals surface area contributed by atoms with Gasteiger partial charge in [0.15, 0.2) is 0 Å². The van der Waals surface area contributed by atoms with Gasteiger partial charge >= 0.3 is 0 Å². The van der Waals surface area contributed by atoms with E-state index in [9.17, 15) is 0 Å². The minimum Gasteiger partial charge on any atom is -0.338 e. The van der Waals surface area contributed by atoms with Gasteiger partial charge in [0.05, 0.1) is 0 Å². The number of hydrogen-bond donors (Lipinski definition) is 0. The average molecular weight is 346 g/mol. The van der Waals surface area contributed by atoms with Crippen LogP contribution in [0, 0.1) is 3.57 Å². The van der Waals surface area contributed by atoms with E-state index in [0.717, 1.165) is 35.7 Å². The molecule has 1 aromatic heterocycles. The van der Waals surface area contributed by atoms with Crippen LogP contribution in [-0.2, 0) is 0 Å². The van der Waals surface area contributed by atoms with Crippen molar-refractivity contribution in [3.8, 4) is 0 Å². The lowest BCUT2D eigenvalue weighted by atomic mass is 10.1. The first-order chi connectivity index (χ1) is 7.97. The Hall–Kier alpha value is -0.430. The molecule has 94 valence electrons. The Bertz CT molecular complexity index is 363. The van der Waals surface area contributed by atoms with Crippen molar-refractivity contribution in [3.05, 3.63) is 16.0 Å². The number of piperazine rings is 1. The summed E-state index contributed by atoms with van der Waals surface area (Å²) in [4.78, 5) is 13.5. The molecule has 2 heterocycles. The third-order valence-electron chi connectivity index (χ3n) is 3.12. The molecule has 0 unspecified atom stereocenters. The van der Waals surface area contributed by atoms with Crippen LogP contribution >= 0.6 is 22.6 Å². The van der Waals surface area contributed by atoms with Gasteiger partial charge in [0.2, 0.25) is 5.95 Å². The predicted octanol–water partition coefficient (Wildman–Crippen LogP) is 2.00. The van der Waals surface area contributed by atoms with Crippen LogP contribution in [0.25, 0.3) is 0 Å². The molecule has 17 heavy (non-hydrogen) atoms. The molecule has 0 atom stereocenters. The third-order valence-corrected chi connectivity index (χ3v) is 3.67. The van der Waals surface area contributed by atoms with Gasteiger partial charge in [0.25, 0.3) is 0 Å². The number of rotatable bonds is 1. The SMILES string of the molecule is CC(C)(C)N1CCN(c2ncc(I)cn2)CC1. The fourth-order valence-electron chi connectivity index (χ4n) is 2.05. The van der Waals surface area contributed by atoms with Gasteiger partial charge in [-0.25, -0.2) is 9.97 Å². The number of anilines is 1. The van der Waals surface area contributed by atoms with Crippen molar-refractivity contribution >= 4 is 28.5 Å². The maximum atomic E-state index is 4.38. The fourth-order valence-corrected chi connectivity index (χ4v) is 2.32. The van der Waals surface area contributed by atoms with Crippen LogP contribution in [0.1, 0.15) is 20.8 Å². The molecular weight excluding hydrogens is 327 g/mol. The topological polar surface area (TPSA) is 32.3 Å². The number of nitrogens with zero attached hydrogens (tertiary/aromatic N) is 4. The molecule has 0 saturated carbocycles. The molecule has 5 heteroatoms. The average Bonchev–Trinajstić information content (AvgIpc) is 2.29. The second kappa shape index (κ2) is 5.06. The van der Waals surface area contributed by atoms with Crippen molar-refractivity contribution in [3.63, 3.8) is 0 Å². The molecule has 0 amide bonds. The third kappa shape index (κ3) is 3.28. The Kier molecular flexibility index (Phi) is 3.87. The van der Waals surface area contributed by atoms with Crippen molar-refractivity contribution in [2.24, 2.45) is 0 Å². The number of aromatic nitrogens is 2. The highest BCUT2D eigenvalue weighted by atomic mass is 127. The zero-order chi connectivity index (χ0) is 12.5. The molecule has 0 aromatic carbocycles. The quantitative estimate of drug-likeness (QED) is 0.729. The lowest BCUT2D eigenvalue weighted by Gasteiger charge is -2.42. The summed E-state index contributed by atoms with van der Waals surface area (Å²) in [6.07, 6.45) is 3.75. The highest BCUT2D eigenvalue weighted by Crippen LogP contribution is 2.18. The molecule has 4 nitrogen and oxygen atoms in total. The van der Waals surface area contributed by atoms with Crippen molar-refractivity contribution < 1.29 is 0 Å². The summed E-state index contributed by atoms with van der Waals surface area (Å²) in [5.41, 5.74) is 0.263. The monoisotopic (exact) mass is 346 g/mol. The fraction of sp³-hybridized carbons (Fsp3) is 0.667. The molecule has 0 N–H and O–H groups in total. The van der Waals surface area contributed by atoms with E-state index in [1.165, 1.54) is 0 Å². The van der Waals surface area contributed by atoms with Crippen LogP contribution in [0.4, 0.5) is 5.95 Å². The molecular formula is C12H19IN4. The number of halogens is 1. The smallest absolute Gasteiger partial charge is 0.225 e. The molecule has 0 aliphatic carbocycles. The van der Waals surface area contributed by atoms with Crippen molar-refractivity contribution in [2.45, 2.75) is 26.3 Å². The van der Waals surface area contributed by atoms with Crippen LogP contribution in [0.3, 0.4) is 0 Å². The molecule has 1 aromatic rings. The maximum absolute atomic E-state index is 4.38. The number of hydrogen-bond acceptors (Lipinski definition) is 4. The Morgan fingerprint density at radius 1 is 1.06 bits per heavy atom. The highest BCUT2D eigenvalue weighted by Gasteiger charge is 2.26. The second-order valence-electron chi connectivity index (χ2n) is 5.35. The zero-order valence-electron chi connectivity index (χ0n) is 10.6. The first-order valence-electron chi connectivity index (χ1n) is 5.94. The predicted molar refractivity (Wildman–Crippen MR) is 78.3 cm³/mol. The normalized spacial score (nSPS) is 18.5. The maximum Gasteiger partial charge on any atom is 0.225 e. The summed E-state index contributed by atoms with van der Waals surface area (Å²) >= 11 is 2.23. The van der Waals surface area contributed by atoms with Crippen molar-refractivity contribution in [1.82, 2.24) is 14.9 Å². The molecule has 0 spiro atoms. The molecule has 0 radical (unpaired) electrons. The summed E-state index contributed by atoms with van der Waals surface area (Å²) in [6.45, 7) is 11.0. The van der Waals surface area contributed by atoms with Gasteiger partial charge in [-0.05, 0) is 43.4 Å². The molecule has 1 aliphatic rings. The van der Waals surface area contributed by atoms with E-state index in [1.807, 2.05) is 12.4 Å². The second-order valence-corrected chi connectivity index (χ2v) is 6.59. The highest BCUT2D eigenvalue weighted by molar-refractivity contribution is 14.1. The van der Waals surface area contributed by atoms with E-state index < -0.39 is 0 Å². The van der Waals surface area contributed by atoms with Gasteiger partial charge in [0, 0.05) is 47.7 Å². The van der Waals surface area contributed by atoms with Crippen molar-refractivity contribution in [1.29, 1.82) is 0 Å². The van der Waals surface area contributed by atoms with E-state index in [1.54, 1.807) is 0 Å². The lowest BCUT2D eigenvalue weighted by molar-refractivity contribution is 0.128. The molecule has 1 fully saturated rings. The minimum atomic E-state index is 0.263. The standard InChI is InChI=1S/C12H19IN4/c1-12(2,3)17-6-4-16(5-7-17)11-14-8-10(13)9-15-11/h8-9H,4-7H2,1-3H3. The molecule has 1 aliphatic heterocycles. The summed E-state index contributed by atoms with van der Waals surface area (Å²) in [7, 11) is 0. The van der Waals surface area contributed by atoms with E-state index in [0.29, 0.717) is 0 Å². The molecule has 0 bridgehead atoms. The Balaban J connectivity index is 1.97. The Morgan fingerprint density at radius 2 is 1.59 bits per heavy atom. The first-order valence-corrected chi connectivity index (χ1v) is 7.02. The molecule has 2 rings (SSSR count). The Morgan fingerprint density at radius 3 is 2.06 bits per heavy atom. The molecule has 1 saturated heterocycles. The van der Waals surface area contributed by atoms with Gasteiger partial charge in [0.1, 0.15) is 0 Å². The van der Waals surface area contributed by atoms with Crippen molar-refractivity contribution in [2.75, 3.05) is 31.1 Å².